The van der Waals surface area contributed by atoms with Gasteiger partial charge in [0, 0.05) is 47.1 Å². The fourth-order valence-corrected chi connectivity index (χ4v) is 15.2. The molecule has 5 unspecified atom stereocenters. The van der Waals surface area contributed by atoms with Crippen molar-refractivity contribution < 1.29 is 9.53 Å². The number of aliphatic imine (C=N–C) groups is 1. The number of phenols is 1. The number of benzene rings is 7. The number of nitrogens with zero attached hydrogens (tertiary/aromatic N) is 3. The average Bonchev–Trinajstić information content (AvgIpc) is 3.31. The molecule has 6 heteroatoms. The molecular formula is C56H53N3O2Si. The van der Waals surface area contributed by atoms with E-state index in [4.69, 9.17) is 14.4 Å². The van der Waals surface area contributed by atoms with Crippen LogP contribution >= 0.6 is 0 Å². The van der Waals surface area contributed by atoms with Crippen molar-refractivity contribution in [3.63, 3.8) is 0 Å². The minimum absolute atomic E-state index is 0.169. The minimum atomic E-state index is -3.09. The zero-order valence-electron chi connectivity index (χ0n) is 35.8. The zero-order valence-corrected chi connectivity index (χ0v) is 36.8. The predicted octanol–water partition coefficient (Wildman–Crippen LogP) is 11.9. The van der Waals surface area contributed by atoms with E-state index in [1.165, 1.54) is 16.8 Å². The number of hydrogen-bond donors (Lipinski definition) is 1. The summed E-state index contributed by atoms with van der Waals surface area (Å²) >= 11 is 0. The first-order chi connectivity index (χ1) is 30.2. The van der Waals surface area contributed by atoms with Gasteiger partial charge in [-0.15, -0.1) is 6.58 Å². The molecule has 0 aliphatic carbocycles. The number of piperidine rings is 3. The van der Waals surface area contributed by atoms with E-state index in [0.717, 1.165) is 74.4 Å². The van der Waals surface area contributed by atoms with E-state index in [-0.39, 0.29) is 22.9 Å². The van der Waals surface area contributed by atoms with Crippen molar-refractivity contribution in [2.75, 3.05) is 13.1 Å². The van der Waals surface area contributed by atoms with Gasteiger partial charge in [0.1, 0.15) is 11.5 Å². The van der Waals surface area contributed by atoms with E-state index >= 15 is 0 Å². The second kappa shape index (κ2) is 16.2. The van der Waals surface area contributed by atoms with Gasteiger partial charge in [0.2, 0.25) is 0 Å². The molecule has 8 aromatic rings. The van der Waals surface area contributed by atoms with Gasteiger partial charge in [-0.1, -0.05) is 160 Å². The first kappa shape index (κ1) is 39.8. The first-order valence-electron chi connectivity index (χ1n) is 22.1. The van der Waals surface area contributed by atoms with Crippen molar-refractivity contribution in [1.82, 2.24) is 9.88 Å². The van der Waals surface area contributed by atoms with Crippen molar-refractivity contribution in [1.29, 1.82) is 0 Å². The lowest BCUT2D eigenvalue weighted by Crippen LogP contribution is -2.68. The van der Waals surface area contributed by atoms with Crippen LogP contribution in [0.5, 0.6) is 11.5 Å². The second-order valence-corrected chi connectivity index (χ2v) is 22.4. The smallest absolute Gasteiger partial charge is 0.319 e. The number of aromatic nitrogens is 1. The fraction of sp³-hybridized carbons (Fsp3) is 0.214. The van der Waals surface area contributed by atoms with Gasteiger partial charge in [-0.2, -0.15) is 0 Å². The lowest BCUT2D eigenvalue weighted by Gasteiger charge is -2.51. The number of rotatable bonds is 10. The summed E-state index contributed by atoms with van der Waals surface area (Å²) in [5, 5.41) is 20.3. The zero-order chi connectivity index (χ0) is 42.4. The van der Waals surface area contributed by atoms with Crippen LogP contribution in [-0.4, -0.2) is 48.7 Å². The van der Waals surface area contributed by atoms with Gasteiger partial charge < -0.3 is 9.53 Å². The molecule has 62 heavy (non-hydrogen) atoms. The van der Waals surface area contributed by atoms with Crippen molar-refractivity contribution >= 4 is 57.4 Å². The molecule has 2 bridgehead atoms. The van der Waals surface area contributed by atoms with E-state index < -0.39 is 8.32 Å². The van der Waals surface area contributed by atoms with Crippen molar-refractivity contribution in [2.24, 2.45) is 16.8 Å². The van der Waals surface area contributed by atoms with Gasteiger partial charge in [-0.25, -0.2) is 0 Å². The van der Waals surface area contributed by atoms with Crippen LogP contribution in [-0.2, 0) is 0 Å². The molecular weight excluding hydrogens is 775 g/mol. The van der Waals surface area contributed by atoms with E-state index in [0.29, 0.717) is 17.4 Å². The molecule has 1 N–H and O–H groups in total. The molecule has 0 amide bonds. The maximum atomic E-state index is 13.0. The third-order valence-corrected chi connectivity index (χ3v) is 18.7. The Balaban J connectivity index is 1.19. The van der Waals surface area contributed by atoms with E-state index in [9.17, 15) is 5.11 Å². The number of phenolic OH excluding ortho intramolecular Hbond substituents is 1. The standard InChI is InChI=1S/C56H53N3O2Si/c1-5-38-37-59-33-31-40(38)35-50(59)54(48-30-32-57-49-27-17-16-26-47(48)49)58-36-42-34-41-19-13-15-25-46(41)53(55(42)60)52-45-24-14-12-18-39(45)28-29-51(52)61-62(56(2,3)4,43-20-8-6-9-21-43)44-22-10-7-11-23-44/h5-30,32,34,36,38,40,50,54,60H,1,31,33,35,37H2,2-4H3. The number of hydrogen-bond acceptors (Lipinski definition) is 5. The number of pyridine rings is 1. The Labute approximate surface area is 366 Å². The lowest BCUT2D eigenvalue weighted by atomic mass is 9.73. The van der Waals surface area contributed by atoms with Crippen LogP contribution in [0.1, 0.15) is 50.8 Å². The van der Waals surface area contributed by atoms with Crippen molar-refractivity contribution in [3.8, 4) is 22.6 Å². The van der Waals surface area contributed by atoms with Crippen LogP contribution in [0.25, 0.3) is 43.6 Å². The highest BCUT2D eigenvalue weighted by atomic mass is 28.4. The molecule has 4 heterocycles. The Kier molecular flexibility index (Phi) is 10.4. The molecule has 308 valence electrons. The number of fused-ring (bicyclic) bond motifs is 6. The Bertz CT molecular complexity index is 2910. The Hall–Kier alpha value is -6.34. The minimum Gasteiger partial charge on any atom is -0.534 e. The first-order valence-corrected chi connectivity index (χ1v) is 24.0. The molecule has 0 saturated carbocycles. The Morgan fingerprint density at radius 1 is 0.758 bits per heavy atom. The summed E-state index contributed by atoms with van der Waals surface area (Å²) in [4.78, 5) is 12.9. The van der Waals surface area contributed by atoms with Crippen LogP contribution in [0.2, 0.25) is 5.04 Å². The normalized spacial score (nSPS) is 19.6. The molecule has 0 spiro atoms. The molecule has 5 atom stereocenters. The summed E-state index contributed by atoms with van der Waals surface area (Å²) in [5.41, 5.74) is 4.42. The molecule has 1 aromatic heterocycles. The summed E-state index contributed by atoms with van der Waals surface area (Å²) in [6, 6.07) is 55.3. The Morgan fingerprint density at radius 3 is 2.05 bits per heavy atom. The van der Waals surface area contributed by atoms with Gasteiger partial charge in [0.05, 0.1) is 11.6 Å². The van der Waals surface area contributed by atoms with Gasteiger partial charge in [-0.3, -0.25) is 14.9 Å². The topological polar surface area (TPSA) is 58.0 Å². The SMILES string of the molecule is C=CC1CN2CCC1CC2C(N=Cc1cc2ccccc2c(-c2c(O[Si](c3ccccc3)(c3ccccc3)C(C)(C)C)ccc3ccccc23)c1O)c1ccnc2ccccc12. The number of para-hydroxylation sites is 1. The van der Waals surface area contributed by atoms with Crippen LogP contribution in [0, 0.1) is 11.8 Å². The molecule has 7 aromatic carbocycles. The van der Waals surface area contributed by atoms with E-state index in [1.54, 1.807) is 0 Å². The molecule has 11 rings (SSSR count). The predicted molar refractivity (Wildman–Crippen MR) is 261 cm³/mol. The Morgan fingerprint density at radius 2 is 1.39 bits per heavy atom. The van der Waals surface area contributed by atoms with Crippen LogP contribution in [0.4, 0.5) is 0 Å². The van der Waals surface area contributed by atoms with Crippen molar-refractivity contribution in [2.45, 2.75) is 50.7 Å². The third-order valence-electron chi connectivity index (χ3n) is 13.8. The fourth-order valence-electron chi connectivity index (χ4n) is 10.7. The molecule has 5 nitrogen and oxygen atoms in total. The summed E-state index contributed by atoms with van der Waals surface area (Å²) in [6.07, 6.45) is 8.23. The summed E-state index contributed by atoms with van der Waals surface area (Å²) in [6.45, 7) is 13.2. The monoisotopic (exact) mass is 827 g/mol. The van der Waals surface area contributed by atoms with E-state index in [2.05, 4.69) is 190 Å². The molecule has 3 aliphatic heterocycles. The average molecular weight is 828 g/mol. The van der Waals surface area contributed by atoms with Gasteiger partial charge in [-0.05, 0) is 98.0 Å². The quantitative estimate of drug-likeness (QED) is 0.0848. The lowest BCUT2D eigenvalue weighted by molar-refractivity contribution is 0.00797. The van der Waals surface area contributed by atoms with Crippen LogP contribution in [0.3, 0.4) is 0 Å². The van der Waals surface area contributed by atoms with Gasteiger partial charge in [0.25, 0.3) is 0 Å². The van der Waals surface area contributed by atoms with Gasteiger partial charge >= 0.3 is 8.32 Å². The number of aromatic hydroxyl groups is 1. The van der Waals surface area contributed by atoms with Crippen LogP contribution < -0.4 is 14.8 Å². The molecule has 0 radical (unpaired) electrons. The largest absolute Gasteiger partial charge is 0.534 e. The maximum Gasteiger partial charge on any atom is 0.319 e. The molecule has 3 aliphatic rings. The second-order valence-electron chi connectivity index (χ2n) is 18.2. The molecule has 3 fully saturated rings. The van der Waals surface area contributed by atoms with E-state index in [1.807, 2.05) is 18.5 Å². The van der Waals surface area contributed by atoms with Crippen molar-refractivity contribution in [3.05, 3.63) is 188 Å². The van der Waals surface area contributed by atoms with Crippen LogP contribution in [0.15, 0.2) is 182 Å². The highest BCUT2D eigenvalue weighted by Crippen LogP contribution is 2.49. The third kappa shape index (κ3) is 6.82. The highest BCUT2D eigenvalue weighted by Gasteiger charge is 2.52. The maximum absolute atomic E-state index is 13.0. The van der Waals surface area contributed by atoms with Gasteiger partial charge in [0.15, 0.2) is 0 Å². The summed E-state index contributed by atoms with van der Waals surface area (Å²) in [7, 11) is -3.09. The highest BCUT2D eigenvalue weighted by molar-refractivity contribution is 7.00. The molecule has 3 saturated heterocycles. The summed E-state index contributed by atoms with van der Waals surface area (Å²) in [5.74, 6) is 2.00. The summed E-state index contributed by atoms with van der Waals surface area (Å²) < 4.78 is 7.87.